The number of carbonyl (C=O) groups is 2. The number of hydrogen-bond acceptors (Lipinski definition) is 3. The number of methoxy groups -OCH3 is 1. The van der Waals surface area contributed by atoms with Crippen molar-refractivity contribution in [1.82, 2.24) is 5.32 Å². The lowest BCUT2D eigenvalue weighted by molar-refractivity contribution is -0.129. The van der Waals surface area contributed by atoms with Crippen LogP contribution in [0.3, 0.4) is 0 Å². The Morgan fingerprint density at radius 1 is 1.12 bits per heavy atom. The number of carbonyl (C=O) groups excluding carboxylic acids is 2. The first-order valence-electron chi connectivity index (χ1n) is 8.36. The Morgan fingerprint density at radius 3 is 2.40 bits per heavy atom. The van der Waals surface area contributed by atoms with Gasteiger partial charge in [0, 0.05) is 0 Å². The molecule has 2 aromatic carbocycles. The molecule has 0 aromatic heterocycles. The summed E-state index contributed by atoms with van der Waals surface area (Å²) in [6.07, 6.45) is 2.08. The largest absolute Gasteiger partial charge is 0.497 e. The van der Waals surface area contributed by atoms with Crippen LogP contribution in [-0.4, -0.2) is 19.4 Å². The first-order valence-corrected chi connectivity index (χ1v) is 8.36. The maximum Gasteiger partial charge on any atom is 0.236 e. The van der Waals surface area contributed by atoms with Gasteiger partial charge in [-0.2, -0.15) is 0 Å². The fourth-order valence-corrected chi connectivity index (χ4v) is 2.90. The Balaban J connectivity index is 2.32. The second-order valence-corrected chi connectivity index (χ2v) is 6.72. The molecule has 0 spiro atoms. The summed E-state index contributed by atoms with van der Waals surface area (Å²) in [5.41, 5.74) is 3.62. The minimum atomic E-state index is -0.810. The summed E-state index contributed by atoms with van der Waals surface area (Å²) in [7, 11) is 1.63. The molecule has 0 saturated carbocycles. The first-order chi connectivity index (χ1) is 11.9. The lowest BCUT2D eigenvalue weighted by atomic mass is 9.79. The van der Waals surface area contributed by atoms with Crippen molar-refractivity contribution in [3.63, 3.8) is 0 Å². The quantitative estimate of drug-likeness (QED) is 0.787. The van der Waals surface area contributed by atoms with E-state index in [9.17, 15) is 9.59 Å². The van der Waals surface area contributed by atoms with E-state index in [1.54, 1.807) is 7.11 Å². The molecule has 2 amide bonds. The molecule has 0 unspecified atom stereocenters. The number of ether oxygens (including phenoxy) is 1. The van der Waals surface area contributed by atoms with Gasteiger partial charge in [0.2, 0.25) is 12.3 Å². The van der Waals surface area contributed by atoms with E-state index in [1.165, 1.54) is 11.1 Å². The molecule has 2 rings (SSSR count). The SMILES string of the molecule is COc1ccc(C(C)(C)C(=O)NC=O)c(CCc2ccc(C)cc2)c1. The van der Waals surface area contributed by atoms with Gasteiger partial charge in [0.25, 0.3) is 0 Å². The fraction of sp³-hybridized carbons (Fsp3) is 0.333. The third kappa shape index (κ3) is 4.47. The van der Waals surface area contributed by atoms with E-state index in [-0.39, 0.29) is 5.91 Å². The molecule has 25 heavy (non-hydrogen) atoms. The van der Waals surface area contributed by atoms with E-state index in [0.29, 0.717) is 6.41 Å². The van der Waals surface area contributed by atoms with E-state index in [2.05, 4.69) is 36.5 Å². The van der Waals surface area contributed by atoms with Gasteiger partial charge in [0.05, 0.1) is 12.5 Å². The minimum absolute atomic E-state index is 0.316. The van der Waals surface area contributed by atoms with Gasteiger partial charge in [-0.05, 0) is 62.4 Å². The van der Waals surface area contributed by atoms with Gasteiger partial charge in [0.15, 0.2) is 0 Å². The highest BCUT2D eigenvalue weighted by molar-refractivity contribution is 5.94. The van der Waals surface area contributed by atoms with E-state index in [4.69, 9.17) is 4.74 Å². The van der Waals surface area contributed by atoms with Crippen LogP contribution in [0.2, 0.25) is 0 Å². The summed E-state index contributed by atoms with van der Waals surface area (Å²) < 4.78 is 5.34. The van der Waals surface area contributed by atoms with Crippen LogP contribution in [0.4, 0.5) is 0 Å². The van der Waals surface area contributed by atoms with Crippen molar-refractivity contribution >= 4 is 12.3 Å². The van der Waals surface area contributed by atoms with Crippen LogP contribution < -0.4 is 10.1 Å². The molecule has 4 heteroatoms. The van der Waals surface area contributed by atoms with E-state index >= 15 is 0 Å². The Bertz CT molecular complexity index is 748. The summed E-state index contributed by atoms with van der Waals surface area (Å²) >= 11 is 0. The molecular formula is C21H25NO3. The highest BCUT2D eigenvalue weighted by Crippen LogP contribution is 2.30. The predicted molar refractivity (Wildman–Crippen MR) is 98.8 cm³/mol. The number of rotatable bonds is 7. The molecule has 0 fully saturated rings. The van der Waals surface area contributed by atoms with E-state index in [0.717, 1.165) is 29.7 Å². The minimum Gasteiger partial charge on any atom is -0.497 e. The van der Waals surface area contributed by atoms with Crippen LogP contribution >= 0.6 is 0 Å². The van der Waals surface area contributed by atoms with Crippen LogP contribution in [0.1, 0.15) is 36.1 Å². The zero-order chi connectivity index (χ0) is 18.4. The second-order valence-electron chi connectivity index (χ2n) is 6.72. The highest BCUT2D eigenvalue weighted by Gasteiger charge is 2.31. The number of amides is 2. The normalized spacial score (nSPS) is 11.0. The number of hydrogen-bond donors (Lipinski definition) is 1. The lowest BCUT2D eigenvalue weighted by Crippen LogP contribution is -2.40. The molecule has 0 aliphatic carbocycles. The zero-order valence-electron chi connectivity index (χ0n) is 15.3. The summed E-state index contributed by atoms with van der Waals surface area (Å²) in [5, 5.41) is 2.27. The molecule has 0 aliphatic heterocycles. The molecule has 0 radical (unpaired) electrons. The monoisotopic (exact) mass is 339 g/mol. The van der Waals surface area contributed by atoms with Gasteiger partial charge in [-0.25, -0.2) is 0 Å². The van der Waals surface area contributed by atoms with Gasteiger partial charge in [-0.3, -0.25) is 14.9 Å². The number of imide groups is 1. The van der Waals surface area contributed by atoms with Crippen molar-refractivity contribution < 1.29 is 14.3 Å². The van der Waals surface area contributed by atoms with Gasteiger partial charge >= 0.3 is 0 Å². The third-order valence-corrected chi connectivity index (χ3v) is 4.55. The molecule has 0 bridgehead atoms. The molecule has 0 saturated heterocycles. The fourth-order valence-electron chi connectivity index (χ4n) is 2.90. The highest BCUT2D eigenvalue weighted by atomic mass is 16.5. The zero-order valence-corrected chi connectivity index (χ0v) is 15.3. The second kappa shape index (κ2) is 7.97. The van der Waals surface area contributed by atoms with E-state index in [1.807, 2.05) is 32.0 Å². The number of nitrogens with one attached hydrogen (secondary N) is 1. The van der Waals surface area contributed by atoms with Gasteiger partial charge in [-0.1, -0.05) is 35.9 Å². The van der Waals surface area contributed by atoms with Crippen molar-refractivity contribution in [2.24, 2.45) is 0 Å². The van der Waals surface area contributed by atoms with Crippen LogP contribution in [0.5, 0.6) is 5.75 Å². The third-order valence-electron chi connectivity index (χ3n) is 4.55. The molecule has 1 N–H and O–H groups in total. The van der Waals surface area contributed by atoms with Crippen molar-refractivity contribution in [3.05, 3.63) is 64.7 Å². The van der Waals surface area contributed by atoms with Crippen LogP contribution in [-0.2, 0) is 27.8 Å². The average Bonchev–Trinajstić information content (AvgIpc) is 2.61. The molecule has 0 aliphatic rings. The Kier molecular flexibility index (Phi) is 5.97. The molecule has 0 atom stereocenters. The van der Waals surface area contributed by atoms with Crippen LogP contribution in [0.15, 0.2) is 42.5 Å². The molecule has 4 nitrogen and oxygen atoms in total. The number of aryl methyl sites for hydroxylation is 3. The van der Waals surface area contributed by atoms with Crippen molar-refractivity contribution in [1.29, 1.82) is 0 Å². The smallest absolute Gasteiger partial charge is 0.236 e. The van der Waals surface area contributed by atoms with Crippen molar-refractivity contribution in [2.75, 3.05) is 7.11 Å². The standard InChI is InChI=1S/C21H25NO3/c1-15-5-7-16(8-6-15)9-10-17-13-18(25-4)11-12-19(17)21(2,3)20(24)22-14-23/h5-8,11-14H,9-10H2,1-4H3,(H,22,23,24). The van der Waals surface area contributed by atoms with Gasteiger partial charge < -0.3 is 4.74 Å². The topological polar surface area (TPSA) is 55.4 Å². The molecule has 0 heterocycles. The van der Waals surface area contributed by atoms with Crippen molar-refractivity contribution in [2.45, 2.75) is 39.0 Å². The summed E-state index contributed by atoms with van der Waals surface area (Å²) in [4.78, 5) is 23.0. The molecule has 132 valence electrons. The summed E-state index contributed by atoms with van der Waals surface area (Å²) in [6, 6.07) is 14.2. The molecular weight excluding hydrogens is 314 g/mol. The Morgan fingerprint density at radius 2 is 1.80 bits per heavy atom. The van der Waals surface area contributed by atoms with Crippen molar-refractivity contribution in [3.8, 4) is 5.75 Å². The Labute approximate surface area is 149 Å². The summed E-state index contributed by atoms with van der Waals surface area (Å²) in [5.74, 6) is 0.443. The lowest BCUT2D eigenvalue weighted by Gasteiger charge is -2.26. The van der Waals surface area contributed by atoms with Gasteiger partial charge in [-0.15, -0.1) is 0 Å². The summed E-state index contributed by atoms with van der Waals surface area (Å²) in [6.45, 7) is 5.71. The van der Waals surface area contributed by atoms with E-state index < -0.39 is 5.41 Å². The Hall–Kier alpha value is -2.62. The number of benzene rings is 2. The predicted octanol–water partition coefficient (Wildman–Crippen LogP) is 3.34. The van der Waals surface area contributed by atoms with Gasteiger partial charge in [0.1, 0.15) is 5.75 Å². The molecule has 2 aromatic rings. The van der Waals surface area contributed by atoms with Crippen LogP contribution in [0, 0.1) is 6.92 Å². The maximum atomic E-state index is 12.3. The first kappa shape index (κ1) is 18.7. The maximum absolute atomic E-state index is 12.3. The van der Waals surface area contributed by atoms with Crippen LogP contribution in [0.25, 0.3) is 0 Å². The average molecular weight is 339 g/mol.